The lowest BCUT2D eigenvalue weighted by Crippen LogP contribution is -2.42. The minimum Gasteiger partial charge on any atom is -0.378 e. The first-order valence-corrected chi connectivity index (χ1v) is 9.46. The number of nitrogens with one attached hydrogen (secondary N) is 2. The summed E-state index contributed by atoms with van der Waals surface area (Å²) in [6.45, 7) is 6.39. The predicted octanol–water partition coefficient (Wildman–Crippen LogP) is 3.85. The summed E-state index contributed by atoms with van der Waals surface area (Å²) in [6, 6.07) is 14.9. The molecule has 2 N–H and O–H groups in total. The first-order chi connectivity index (χ1) is 13.4. The van der Waals surface area contributed by atoms with E-state index in [1.165, 1.54) is 0 Å². The Morgan fingerprint density at radius 3 is 2.61 bits per heavy atom. The molecule has 0 spiro atoms. The molecule has 0 saturated carbocycles. The van der Waals surface area contributed by atoms with E-state index >= 15 is 0 Å². The number of hydrogen-bond acceptors (Lipinski definition) is 5. The average Bonchev–Trinajstić information content (AvgIpc) is 3.15. The van der Waals surface area contributed by atoms with Crippen LogP contribution in [-0.2, 0) is 6.54 Å². The molecule has 0 atom stereocenters. The van der Waals surface area contributed by atoms with Crippen LogP contribution in [0.4, 0.5) is 5.69 Å². The smallest absolute Gasteiger partial charge is 0.253 e. The molecule has 8 heteroatoms. The molecule has 3 aromatic rings. The van der Waals surface area contributed by atoms with Crippen molar-refractivity contribution in [3.05, 3.63) is 64.9 Å². The molecule has 1 amide bonds. The number of carbonyl (C=O) groups is 1. The highest BCUT2D eigenvalue weighted by molar-refractivity contribution is 6.34. The maximum Gasteiger partial charge on any atom is 0.253 e. The normalized spacial score (nSPS) is 11.3. The molecule has 1 aromatic heterocycles. The van der Waals surface area contributed by atoms with Crippen LogP contribution in [0.15, 0.2) is 48.5 Å². The van der Waals surface area contributed by atoms with Crippen LogP contribution in [0, 0.1) is 0 Å². The van der Waals surface area contributed by atoms with Crippen LogP contribution in [0.25, 0.3) is 5.69 Å². The summed E-state index contributed by atoms with van der Waals surface area (Å²) in [6.07, 6.45) is 0.826. The lowest BCUT2D eigenvalue weighted by Gasteiger charge is -2.24. The van der Waals surface area contributed by atoms with Crippen LogP contribution in [0.2, 0.25) is 5.02 Å². The van der Waals surface area contributed by atoms with Crippen molar-refractivity contribution >= 4 is 23.2 Å². The number of hydrogen-bond donors (Lipinski definition) is 2. The Bertz CT molecular complexity index is 954. The molecule has 0 radical (unpaired) electrons. The van der Waals surface area contributed by atoms with Gasteiger partial charge in [0.2, 0.25) is 0 Å². The molecule has 1 heterocycles. The Hall–Kier alpha value is -2.93. The van der Waals surface area contributed by atoms with E-state index in [2.05, 4.69) is 26.2 Å². The van der Waals surface area contributed by atoms with Gasteiger partial charge < -0.3 is 10.6 Å². The van der Waals surface area contributed by atoms with Crippen LogP contribution in [-0.4, -0.2) is 31.7 Å². The van der Waals surface area contributed by atoms with E-state index in [0.29, 0.717) is 23.0 Å². The van der Waals surface area contributed by atoms with E-state index in [4.69, 9.17) is 11.6 Å². The number of para-hydroxylation sites is 1. The van der Waals surface area contributed by atoms with Crippen molar-refractivity contribution in [1.82, 2.24) is 25.5 Å². The zero-order chi connectivity index (χ0) is 20.1. The highest BCUT2D eigenvalue weighted by Crippen LogP contribution is 2.22. The Balaban J connectivity index is 1.69. The minimum atomic E-state index is -0.286. The van der Waals surface area contributed by atoms with Gasteiger partial charge in [-0.25, -0.2) is 0 Å². The lowest BCUT2D eigenvalue weighted by molar-refractivity contribution is 0.0911. The Kier molecular flexibility index (Phi) is 5.94. The molecular weight excluding hydrogens is 376 g/mol. The molecule has 2 aromatic carbocycles. The van der Waals surface area contributed by atoms with Crippen LogP contribution in [0.3, 0.4) is 0 Å². The standard InChI is InChI=1S/C20H23ClN6O/c1-4-20(2,3)23-19(28)16-11-10-14(12-17(16)21)22-13-18-24-25-26-27(18)15-8-6-5-7-9-15/h5-12,22H,4,13H2,1-3H3,(H,23,28). The number of amides is 1. The van der Waals surface area contributed by atoms with Crippen molar-refractivity contribution in [2.45, 2.75) is 39.3 Å². The first-order valence-electron chi connectivity index (χ1n) is 9.08. The number of anilines is 1. The molecule has 28 heavy (non-hydrogen) atoms. The van der Waals surface area contributed by atoms with Crippen LogP contribution in [0.1, 0.15) is 43.4 Å². The van der Waals surface area contributed by atoms with Gasteiger partial charge in [-0.05, 0) is 61.0 Å². The van der Waals surface area contributed by atoms with Crippen molar-refractivity contribution in [1.29, 1.82) is 0 Å². The van der Waals surface area contributed by atoms with Crippen LogP contribution in [0.5, 0.6) is 0 Å². The molecule has 0 aliphatic rings. The molecule has 0 aliphatic heterocycles. The van der Waals surface area contributed by atoms with Gasteiger partial charge in [0.15, 0.2) is 5.82 Å². The number of carbonyl (C=O) groups excluding carboxylic acids is 1. The van der Waals surface area contributed by atoms with Crippen LogP contribution >= 0.6 is 11.6 Å². The number of nitrogens with zero attached hydrogens (tertiary/aromatic N) is 4. The van der Waals surface area contributed by atoms with Gasteiger partial charge in [-0.3, -0.25) is 4.79 Å². The fourth-order valence-corrected chi connectivity index (χ4v) is 2.81. The van der Waals surface area contributed by atoms with Gasteiger partial charge in [0.1, 0.15) is 0 Å². The molecule has 0 saturated heterocycles. The fraction of sp³-hybridized carbons (Fsp3) is 0.300. The summed E-state index contributed by atoms with van der Waals surface area (Å²) < 4.78 is 1.67. The molecule has 0 fully saturated rings. The summed E-state index contributed by atoms with van der Waals surface area (Å²) >= 11 is 6.34. The van der Waals surface area contributed by atoms with Gasteiger partial charge in [0.25, 0.3) is 5.91 Å². The quantitative estimate of drug-likeness (QED) is 0.631. The van der Waals surface area contributed by atoms with Gasteiger partial charge in [-0.15, -0.1) is 5.10 Å². The van der Waals surface area contributed by atoms with Crippen molar-refractivity contribution in [2.75, 3.05) is 5.32 Å². The number of benzene rings is 2. The van der Waals surface area contributed by atoms with Crippen molar-refractivity contribution in [3.8, 4) is 5.69 Å². The van der Waals surface area contributed by atoms with Gasteiger partial charge in [0.05, 0.1) is 22.8 Å². The van der Waals surface area contributed by atoms with Gasteiger partial charge >= 0.3 is 0 Å². The molecule has 7 nitrogen and oxygen atoms in total. The number of tetrazole rings is 1. The molecule has 3 rings (SSSR count). The molecule has 0 aliphatic carbocycles. The topological polar surface area (TPSA) is 84.7 Å². The van der Waals surface area contributed by atoms with E-state index in [1.54, 1.807) is 16.8 Å². The maximum atomic E-state index is 12.5. The minimum absolute atomic E-state index is 0.184. The fourth-order valence-electron chi connectivity index (χ4n) is 2.54. The largest absolute Gasteiger partial charge is 0.378 e. The van der Waals surface area contributed by atoms with E-state index in [9.17, 15) is 4.79 Å². The van der Waals surface area contributed by atoms with Gasteiger partial charge in [-0.2, -0.15) is 4.68 Å². The molecule has 0 unspecified atom stereocenters. The summed E-state index contributed by atoms with van der Waals surface area (Å²) in [4.78, 5) is 12.5. The monoisotopic (exact) mass is 398 g/mol. The lowest BCUT2D eigenvalue weighted by atomic mass is 10.0. The number of rotatable bonds is 7. The van der Waals surface area contributed by atoms with E-state index in [-0.39, 0.29) is 11.4 Å². The second-order valence-corrected chi connectivity index (χ2v) is 7.49. The summed E-state index contributed by atoms with van der Waals surface area (Å²) in [5.74, 6) is 0.477. The number of halogens is 1. The van der Waals surface area contributed by atoms with E-state index in [0.717, 1.165) is 17.8 Å². The Morgan fingerprint density at radius 2 is 1.93 bits per heavy atom. The Labute approximate surface area is 169 Å². The average molecular weight is 399 g/mol. The zero-order valence-electron chi connectivity index (χ0n) is 16.1. The third-order valence-corrected chi connectivity index (χ3v) is 4.85. The summed E-state index contributed by atoms with van der Waals surface area (Å²) in [7, 11) is 0. The van der Waals surface area contributed by atoms with Crippen molar-refractivity contribution in [2.24, 2.45) is 0 Å². The molecule has 0 bridgehead atoms. The third kappa shape index (κ3) is 4.67. The molecule has 146 valence electrons. The molecular formula is C20H23ClN6O. The van der Waals surface area contributed by atoms with Gasteiger partial charge in [-0.1, -0.05) is 36.7 Å². The van der Waals surface area contributed by atoms with Crippen LogP contribution < -0.4 is 10.6 Å². The first kappa shape index (κ1) is 19.8. The second-order valence-electron chi connectivity index (χ2n) is 7.08. The van der Waals surface area contributed by atoms with Crippen molar-refractivity contribution in [3.63, 3.8) is 0 Å². The van der Waals surface area contributed by atoms with Crippen molar-refractivity contribution < 1.29 is 4.79 Å². The predicted molar refractivity (Wildman–Crippen MR) is 110 cm³/mol. The highest BCUT2D eigenvalue weighted by Gasteiger charge is 2.20. The van der Waals surface area contributed by atoms with E-state index in [1.807, 2.05) is 57.2 Å². The SMILES string of the molecule is CCC(C)(C)NC(=O)c1ccc(NCc2nnnn2-c2ccccc2)cc1Cl. The summed E-state index contributed by atoms with van der Waals surface area (Å²) in [5.41, 5.74) is 1.82. The highest BCUT2D eigenvalue weighted by atomic mass is 35.5. The Morgan fingerprint density at radius 1 is 1.18 bits per heavy atom. The maximum absolute atomic E-state index is 12.5. The number of aromatic nitrogens is 4. The van der Waals surface area contributed by atoms with E-state index < -0.39 is 0 Å². The van der Waals surface area contributed by atoms with Gasteiger partial charge in [0, 0.05) is 11.2 Å². The summed E-state index contributed by atoms with van der Waals surface area (Å²) in [5, 5.41) is 18.5. The second kappa shape index (κ2) is 8.39. The zero-order valence-corrected chi connectivity index (χ0v) is 16.9. The third-order valence-electron chi connectivity index (χ3n) is 4.53.